The monoisotopic (exact) mass is 446 g/mol. The highest BCUT2D eigenvalue weighted by Crippen LogP contribution is 2.49. The van der Waals surface area contributed by atoms with E-state index in [1.54, 1.807) is 0 Å². The molecule has 3 fully saturated rings. The van der Waals surface area contributed by atoms with E-state index in [0.29, 0.717) is 24.3 Å². The molecular formula is C27H34N4O2. The van der Waals surface area contributed by atoms with Crippen LogP contribution in [0.3, 0.4) is 0 Å². The fourth-order valence-electron chi connectivity index (χ4n) is 6.70. The van der Waals surface area contributed by atoms with Crippen molar-refractivity contribution in [1.29, 1.82) is 0 Å². The molecule has 1 aromatic carbocycles. The van der Waals surface area contributed by atoms with Gasteiger partial charge in [-0.1, -0.05) is 6.42 Å². The highest BCUT2D eigenvalue weighted by molar-refractivity contribution is 5.97. The third-order valence-corrected chi connectivity index (χ3v) is 8.41. The zero-order valence-electron chi connectivity index (χ0n) is 19.2. The first kappa shape index (κ1) is 21.0. The summed E-state index contributed by atoms with van der Waals surface area (Å²) in [6, 6.07) is 10.9. The smallest absolute Gasteiger partial charge is 0.227 e. The Labute approximate surface area is 196 Å². The van der Waals surface area contributed by atoms with Crippen molar-refractivity contribution in [2.75, 3.05) is 34.8 Å². The molecule has 6 rings (SSSR count). The summed E-state index contributed by atoms with van der Waals surface area (Å²) in [5, 5.41) is 13.0. The number of aliphatic hydroxyl groups excluding tert-OH is 1. The number of benzene rings is 1. The normalized spacial score (nSPS) is 28.8. The second kappa shape index (κ2) is 8.64. The van der Waals surface area contributed by atoms with Gasteiger partial charge in [0.2, 0.25) is 5.91 Å². The minimum absolute atomic E-state index is 0.266. The van der Waals surface area contributed by atoms with Crippen molar-refractivity contribution in [3.63, 3.8) is 0 Å². The molecular weight excluding hydrogens is 412 g/mol. The Bertz CT molecular complexity index is 1020. The van der Waals surface area contributed by atoms with Crippen LogP contribution in [0.2, 0.25) is 0 Å². The molecule has 4 unspecified atom stereocenters. The lowest BCUT2D eigenvalue weighted by Gasteiger charge is -2.38. The number of hydrogen-bond acceptors (Lipinski definition) is 5. The van der Waals surface area contributed by atoms with Gasteiger partial charge < -0.3 is 20.2 Å². The van der Waals surface area contributed by atoms with E-state index in [0.717, 1.165) is 61.9 Å². The van der Waals surface area contributed by atoms with Crippen LogP contribution in [0.1, 0.15) is 50.5 Å². The largest absolute Gasteiger partial charge is 0.396 e. The highest BCUT2D eigenvalue weighted by atomic mass is 16.3. The van der Waals surface area contributed by atoms with Gasteiger partial charge in [0, 0.05) is 55.8 Å². The molecule has 2 N–H and O–H groups in total. The lowest BCUT2D eigenvalue weighted by molar-refractivity contribution is -0.119. The van der Waals surface area contributed by atoms with E-state index in [1.807, 2.05) is 6.20 Å². The molecule has 1 aromatic heterocycles. The molecule has 2 bridgehead atoms. The number of aromatic nitrogens is 1. The number of piperidine rings is 1. The van der Waals surface area contributed by atoms with Gasteiger partial charge in [0.1, 0.15) is 5.82 Å². The van der Waals surface area contributed by atoms with E-state index in [2.05, 4.69) is 50.4 Å². The number of carbonyl (C=O) groups is 1. The van der Waals surface area contributed by atoms with Gasteiger partial charge >= 0.3 is 0 Å². The Morgan fingerprint density at radius 3 is 2.73 bits per heavy atom. The summed E-state index contributed by atoms with van der Waals surface area (Å²) in [6.45, 7) is 2.23. The number of fused-ring (bicyclic) bond motifs is 3. The third kappa shape index (κ3) is 3.99. The average Bonchev–Trinajstić information content (AvgIpc) is 3.48. The van der Waals surface area contributed by atoms with Gasteiger partial charge in [-0.15, -0.1) is 0 Å². The van der Waals surface area contributed by atoms with Crippen molar-refractivity contribution < 1.29 is 9.90 Å². The lowest BCUT2D eigenvalue weighted by atomic mass is 9.91. The summed E-state index contributed by atoms with van der Waals surface area (Å²) >= 11 is 0. The zero-order chi connectivity index (χ0) is 22.4. The predicted molar refractivity (Wildman–Crippen MR) is 131 cm³/mol. The van der Waals surface area contributed by atoms with Crippen LogP contribution < -0.4 is 15.1 Å². The lowest BCUT2D eigenvalue weighted by Crippen LogP contribution is -2.46. The maximum Gasteiger partial charge on any atom is 0.227 e. The van der Waals surface area contributed by atoms with Gasteiger partial charge in [0.15, 0.2) is 0 Å². The number of hydrogen-bond donors (Lipinski definition) is 2. The van der Waals surface area contributed by atoms with Crippen molar-refractivity contribution in [3.05, 3.63) is 42.1 Å². The Hall–Kier alpha value is -2.60. The average molecular weight is 447 g/mol. The van der Waals surface area contributed by atoms with Crippen LogP contribution >= 0.6 is 0 Å². The number of aliphatic hydroxyl groups is 1. The van der Waals surface area contributed by atoms with Gasteiger partial charge in [-0.25, -0.2) is 4.98 Å². The van der Waals surface area contributed by atoms with Crippen molar-refractivity contribution in [2.24, 2.45) is 17.8 Å². The molecule has 174 valence electrons. The van der Waals surface area contributed by atoms with Crippen LogP contribution in [-0.2, 0) is 11.2 Å². The Kier molecular flexibility index (Phi) is 5.49. The number of aryl methyl sites for hydroxylation is 1. The topological polar surface area (TPSA) is 68.7 Å². The van der Waals surface area contributed by atoms with E-state index < -0.39 is 0 Å². The molecule has 1 saturated heterocycles. The molecule has 0 radical (unpaired) electrons. The number of rotatable bonds is 5. The van der Waals surface area contributed by atoms with Crippen LogP contribution in [-0.4, -0.2) is 41.7 Å². The number of nitrogens with one attached hydrogen (secondary N) is 1. The van der Waals surface area contributed by atoms with Gasteiger partial charge in [-0.2, -0.15) is 0 Å². The maximum atomic E-state index is 13.0. The Morgan fingerprint density at radius 2 is 1.97 bits per heavy atom. The van der Waals surface area contributed by atoms with Crippen LogP contribution in [0.4, 0.5) is 22.9 Å². The van der Waals surface area contributed by atoms with Crippen LogP contribution in [0, 0.1) is 17.8 Å². The number of anilines is 4. The first-order valence-corrected chi connectivity index (χ1v) is 12.7. The first-order chi connectivity index (χ1) is 16.2. The molecule has 1 amide bonds. The molecule has 3 heterocycles. The maximum absolute atomic E-state index is 13.0. The second-order valence-corrected chi connectivity index (χ2v) is 10.5. The van der Waals surface area contributed by atoms with E-state index >= 15 is 0 Å². The molecule has 2 aromatic rings. The molecule has 6 heteroatoms. The van der Waals surface area contributed by atoms with E-state index in [-0.39, 0.29) is 12.5 Å². The fourth-order valence-corrected chi connectivity index (χ4v) is 6.70. The van der Waals surface area contributed by atoms with E-state index in [1.165, 1.54) is 30.5 Å². The van der Waals surface area contributed by atoms with Crippen molar-refractivity contribution in [1.82, 2.24) is 4.98 Å². The third-order valence-electron chi connectivity index (χ3n) is 8.41. The summed E-state index contributed by atoms with van der Waals surface area (Å²) in [7, 11) is 0. The van der Waals surface area contributed by atoms with E-state index in [9.17, 15) is 9.90 Å². The highest BCUT2D eigenvalue weighted by Gasteiger charge is 2.45. The Morgan fingerprint density at radius 1 is 1.09 bits per heavy atom. The summed E-state index contributed by atoms with van der Waals surface area (Å²) < 4.78 is 0. The summed E-state index contributed by atoms with van der Waals surface area (Å²) in [5.41, 5.74) is 4.46. The number of pyridine rings is 1. The van der Waals surface area contributed by atoms with Crippen LogP contribution in [0.25, 0.3) is 0 Å². The molecule has 2 saturated carbocycles. The summed E-state index contributed by atoms with van der Waals surface area (Å²) in [5.74, 6) is 2.93. The molecule has 2 aliphatic heterocycles. The summed E-state index contributed by atoms with van der Waals surface area (Å²) in [6.07, 6.45) is 10.7. The molecule has 0 spiro atoms. The zero-order valence-corrected chi connectivity index (χ0v) is 19.2. The molecule has 4 atom stereocenters. The molecule has 4 aliphatic rings. The van der Waals surface area contributed by atoms with Gasteiger partial charge in [-0.05, 0) is 86.1 Å². The van der Waals surface area contributed by atoms with Crippen molar-refractivity contribution in [3.8, 4) is 0 Å². The van der Waals surface area contributed by atoms with Gasteiger partial charge in [0.05, 0.1) is 5.69 Å². The van der Waals surface area contributed by atoms with E-state index in [4.69, 9.17) is 0 Å². The van der Waals surface area contributed by atoms with Crippen LogP contribution in [0.15, 0.2) is 36.5 Å². The SMILES string of the molecule is O=C1CCc2cnc(Nc3ccc(N4CCCC(CO)C4)cc3)cc2N1C1CC2CCC1C2. The molecule has 33 heavy (non-hydrogen) atoms. The van der Waals surface area contributed by atoms with Crippen molar-refractivity contribution >= 4 is 28.8 Å². The number of carbonyl (C=O) groups excluding carboxylic acids is 1. The van der Waals surface area contributed by atoms with Gasteiger partial charge in [-0.3, -0.25) is 4.79 Å². The summed E-state index contributed by atoms with van der Waals surface area (Å²) in [4.78, 5) is 22.2. The number of amides is 1. The molecule has 6 nitrogen and oxygen atoms in total. The van der Waals surface area contributed by atoms with Crippen LogP contribution in [0.5, 0.6) is 0 Å². The number of nitrogens with zero attached hydrogens (tertiary/aromatic N) is 3. The first-order valence-electron chi connectivity index (χ1n) is 12.7. The van der Waals surface area contributed by atoms with Gasteiger partial charge in [0.25, 0.3) is 0 Å². The predicted octanol–water partition coefficient (Wildman–Crippen LogP) is 4.50. The van der Waals surface area contributed by atoms with Crippen molar-refractivity contribution in [2.45, 2.75) is 57.4 Å². The minimum Gasteiger partial charge on any atom is -0.396 e. The standard InChI is InChI=1S/C27H34N4O2/c32-17-19-2-1-11-30(16-19)23-8-6-22(7-9-23)29-26-14-25-21(15-28-26)5-10-27(33)31(25)24-13-18-3-4-20(24)12-18/h6-9,14-15,18-20,24,32H,1-5,10-13,16-17H2,(H,28,29). The quantitative estimate of drug-likeness (QED) is 0.708. The fraction of sp³-hybridized carbons (Fsp3) is 0.556. The second-order valence-electron chi connectivity index (χ2n) is 10.5. The minimum atomic E-state index is 0.266. The molecule has 2 aliphatic carbocycles. The Balaban J connectivity index is 1.20.